The van der Waals surface area contributed by atoms with Gasteiger partial charge in [0.15, 0.2) is 0 Å². The van der Waals surface area contributed by atoms with Crippen molar-refractivity contribution < 1.29 is 12.6 Å². The quantitative estimate of drug-likeness (QED) is 0.205. The first kappa shape index (κ1) is 21.9. The van der Waals surface area contributed by atoms with Crippen molar-refractivity contribution >= 4 is 21.9 Å². The zero-order valence-corrected chi connectivity index (χ0v) is 25.9. The Morgan fingerprint density at radius 1 is 0.682 bits per heavy atom. The van der Waals surface area contributed by atoms with Gasteiger partial charge in [-0.2, -0.15) is 5.26 Å². The number of fused-ring (bicyclic) bond motifs is 6. The number of hydrogen-bond donors (Lipinski definition) is 0. The summed E-state index contributed by atoms with van der Waals surface area (Å²) in [5.41, 5.74) is 6.09. The molecule has 0 radical (unpaired) electrons. The van der Waals surface area contributed by atoms with Gasteiger partial charge in [0.05, 0.1) is 17.3 Å². The maximum absolute atomic E-state index is 9.45. The average Bonchev–Trinajstić information content (AvgIpc) is 3.43. The molecule has 44 heavy (non-hydrogen) atoms. The molecule has 0 saturated carbocycles. The van der Waals surface area contributed by atoms with Crippen molar-refractivity contribution in [2.24, 2.45) is 5.41 Å². The second-order valence-electron chi connectivity index (χ2n) is 13.6. The zero-order chi connectivity index (χ0) is 36.2. The summed E-state index contributed by atoms with van der Waals surface area (Å²) in [6.45, 7) is 8.24. The van der Waals surface area contributed by atoms with Gasteiger partial charge in [0, 0.05) is 30.8 Å². The SMILES string of the molecule is [2H]C([2H])([2H])c1cnc(-c2cccc3c2oc2cc(C#N)ccc23)cc1-c1cc2c(cc1C([2H])([2H])[2H])-c1ccccc1C(C)(C)C(C)(C)C2(C)C. The lowest BCUT2D eigenvalue weighted by Gasteiger charge is -2.52. The summed E-state index contributed by atoms with van der Waals surface area (Å²) in [6.07, 6.45) is 1.34. The van der Waals surface area contributed by atoms with Crippen LogP contribution in [0.3, 0.4) is 0 Å². The molecule has 0 spiro atoms. The molecule has 0 fully saturated rings. The third kappa shape index (κ3) is 3.77. The van der Waals surface area contributed by atoms with Gasteiger partial charge in [-0.1, -0.05) is 84.0 Å². The fourth-order valence-corrected chi connectivity index (χ4v) is 7.18. The van der Waals surface area contributed by atoms with Crippen LogP contribution in [0.2, 0.25) is 0 Å². The molecule has 0 aliphatic heterocycles. The number of para-hydroxylation sites is 1. The van der Waals surface area contributed by atoms with Gasteiger partial charge in [0.1, 0.15) is 11.2 Å². The minimum atomic E-state index is -2.58. The number of benzene rings is 4. The lowest BCUT2D eigenvalue weighted by molar-refractivity contribution is 0.0948. The van der Waals surface area contributed by atoms with Gasteiger partial charge in [-0.25, -0.2) is 0 Å². The summed E-state index contributed by atoms with van der Waals surface area (Å²) < 4.78 is 58.2. The van der Waals surface area contributed by atoms with Crippen molar-refractivity contribution in [3.63, 3.8) is 0 Å². The second kappa shape index (κ2) is 9.41. The number of rotatable bonds is 2. The molecular weight excluding hydrogens is 536 g/mol. The van der Waals surface area contributed by atoms with Crippen LogP contribution in [0.5, 0.6) is 0 Å². The van der Waals surface area contributed by atoms with Crippen LogP contribution >= 0.6 is 0 Å². The molecule has 0 amide bonds. The topological polar surface area (TPSA) is 49.8 Å². The molecule has 4 aromatic carbocycles. The van der Waals surface area contributed by atoms with Crippen LogP contribution in [0.1, 0.15) is 77.6 Å². The highest BCUT2D eigenvalue weighted by atomic mass is 16.3. The second-order valence-corrected chi connectivity index (χ2v) is 13.6. The molecule has 3 heteroatoms. The largest absolute Gasteiger partial charge is 0.455 e. The molecule has 0 N–H and O–H groups in total. The smallest absolute Gasteiger partial charge is 0.144 e. The van der Waals surface area contributed by atoms with Crippen LogP contribution < -0.4 is 0 Å². The fraction of sp³-hybridized carbons (Fsp3) is 0.268. The van der Waals surface area contributed by atoms with Gasteiger partial charge in [0.25, 0.3) is 0 Å². The minimum absolute atomic E-state index is 0.0337. The summed E-state index contributed by atoms with van der Waals surface area (Å²) in [5.74, 6) is 0. The molecule has 1 aliphatic rings. The molecular formula is C41H38N2O. The van der Waals surface area contributed by atoms with Crippen LogP contribution in [-0.2, 0) is 10.8 Å². The molecule has 0 unspecified atom stereocenters. The number of furan rings is 1. The number of nitrogens with zero attached hydrogens (tertiary/aromatic N) is 2. The van der Waals surface area contributed by atoms with Crippen molar-refractivity contribution in [1.29, 1.82) is 5.26 Å². The Kier molecular flexibility index (Phi) is 4.69. The van der Waals surface area contributed by atoms with Crippen LogP contribution in [0.15, 0.2) is 89.5 Å². The van der Waals surface area contributed by atoms with E-state index in [4.69, 9.17) is 12.6 Å². The van der Waals surface area contributed by atoms with Gasteiger partial charge in [-0.05, 0) is 111 Å². The van der Waals surface area contributed by atoms with E-state index in [9.17, 15) is 5.26 Å². The summed E-state index contributed by atoms with van der Waals surface area (Å²) in [7, 11) is 0. The minimum Gasteiger partial charge on any atom is -0.455 e. The highest BCUT2D eigenvalue weighted by Gasteiger charge is 2.52. The van der Waals surface area contributed by atoms with Crippen molar-refractivity contribution in [2.75, 3.05) is 0 Å². The fourth-order valence-electron chi connectivity index (χ4n) is 7.18. The molecule has 2 heterocycles. The van der Waals surface area contributed by atoms with Gasteiger partial charge in [-0.3, -0.25) is 4.98 Å². The number of pyridine rings is 1. The van der Waals surface area contributed by atoms with Gasteiger partial charge in [-0.15, -0.1) is 0 Å². The molecule has 2 aromatic heterocycles. The molecule has 1 aliphatic carbocycles. The normalized spacial score (nSPS) is 18.8. The third-order valence-corrected chi connectivity index (χ3v) is 10.9. The molecule has 0 atom stereocenters. The number of aryl methyl sites for hydroxylation is 2. The Balaban J connectivity index is 1.57. The van der Waals surface area contributed by atoms with E-state index in [0.29, 0.717) is 33.6 Å². The Labute approximate surface area is 268 Å². The first-order valence-corrected chi connectivity index (χ1v) is 14.9. The molecule has 6 aromatic rings. The highest BCUT2D eigenvalue weighted by molar-refractivity contribution is 6.09. The standard InChI is InChI=1S/C41H38N2O/c1-24-18-33-27-12-9-10-15-34(27)39(3,4)41(7,8)40(5,6)35(33)20-31(24)32-21-36(43-23-25(32)2)30-14-11-13-29-28-17-16-26(22-42)19-37(28)44-38(29)30/h9-21,23H,1-8H3/i1D3,2D3. The van der Waals surface area contributed by atoms with E-state index in [1.54, 1.807) is 24.3 Å². The summed E-state index contributed by atoms with van der Waals surface area (Å²) >= 11 is 0. The Hall–Kier alpha value is -4.68. The van der Waals surface area contributed by atoms with E-state index in [1.807, 2.05) is 42.5 Å². The number of nitriles is 1. The predicted molar refractivity (Wildman–Crippen MR) is 182 cm³/mol. The van der Waals surface area contributed by atoms with E-state index >= 15 is 0 Å². The van der Waals surface area contributed by atoms with Crippen LogP contribution in [0.4, 0.5) is 0 Å². The number of hydrogen-bond acceptors (Lipinski definition) is 3. The lowest BCUT2D eigenvalue weighted by Crippen LogP contribution is -2.48. The average molecular weight is 581 g/mol. The van der Waals surface area contributed by atoms with Gasteiger partial charge in [0.2, 0.25) is 0 Å². The summed E-state index contributed by atoms with van der Waals surface area (Å²) in [5, 5.41) is 11.1. The monoisotopic (exact) mass is 580 g/mol. The van der Waals surface area contributed by atoms with Crippen molar-refractivity contribution in [3.8, 4) is 39.6 Å². The van der Waals surface area contributed by atoms with E-state index < -0.39 is 19.1 Å². The van der Waals surface area contributed by atoms with Crippen LogP contribution in [0.25, 0.3) is 55.4 Å². The molecule has 0 bridgehead atoms. The zero-order valence-electron chi connectivity index (χ0n) is 31.9. The lowest BCUT2D eigenvalue weighted by atomic mass is 9.52. The van der Waals surface area contributed by atoms with Gasteiger partial charge < -0.3 is 4.42 Å². The Bertz CT molecular complexity index is 2400. The van der Waals surface area contributed by atoms with E-state index in [0.717, 1.165) is 33.0 Å². The summed E-state index contributed by atoms with van der Waals surface area (Å²) in [4.78, 5) is 4.64. The maximum Gasteiger partial charge on any atom is 0.144 e. The van der Waals surface area contributed by atoms with Crippen molar-refractivity contribution in [1.82, 2.24) is 4.98 Å². The molecule has 7 rings (SSSR count). The molecule has 0 saturated heterocycles. The molecule has 218 valence electrons. The maximum atomic E-state index is 9.45. The van der Waals surface area contributed by atoms with Crippen molar-refractivity contribution in [3.05, 3.63) is 113 Å². The Morgan fingerprint density at radius 3 is 2.18 bits per heavy atom. The summed E-state index contributed by atoms with van der Waals surface area (Å²) in [6, 6.07) is 26.7. The van der Waals surface area contributed by atoms with Crippen LogP contribution in [-0.4, -0.2) is 4.98 Å². The first-order chi connectivity index (χ1) is 23.3. The third-order valence-electron chi connectivity index (χ3n) is 10.9. The first-order valence-electron chi connectivity index (χ1n) is 17.9. The van der Waals surface area contributed by atoms with E-state index in [2.05, 4.69) is 64.7 Å². The Morgan fingerprint density at radius 2 is 1.41 bits per heavy atom. The number of aromatic nitrogens is 1. The van der Waals surface area contributed by atoms with Crippen molar-refractivity contribution in [2.45, 2.75) is 66.1 Å². The molecule has 3 nitrogen and oxygen atoms in total. The predicted octanol–water partition coefficient (Wildman–Crippen LogP) is 11.1. The van der Waals surface area contributed by atoms with Crippen LogP contribution in [0, 0.1) is 30.4 Å². The van der Waals surface area contributed by atoms with E-state index in [1.165, 1.54) is 6.20 Å². The van der Waals surface area contributed by atoms with Gasteiger partial charge >= 0.3 is 0 Å². The highest BCUT2D eigenvalue weighted by Crippen LogP contribution is 2.60. The van der Waals surface area contributed by atoms with E-state index in [-0.39, 0.29) is 27.5 Å².